The number of benzene rings is 2. The van der Waals surface area contributed by atoms with Crippen molar-refractivity contribution < 1.29 is 22.4 Å². The van der Waals surface area contributed by atoms with Crippen molar-refractivity contribution in [2.24, 2.45) is 5.73 Å². The highest BCUT2D eigenvalue weighted by molar-refractivity contribution is 7.92. The quantitative estimate of drug-likeness (QED) is 0.792. The van der Waals surface area contributed by atoms with Crippen molar-refractivity contribution in [3.63, 3.8) is 0 Å². The highest BCUT2D eigenvalue weighted by Gasteiger charge is 2.28. The molecule has 0 aliphatic rings. The molecule has 0 aliphatic carbocycles. The second-order valence-corrected chi connectivity index (χ2v) is 7.48. The summed E-state index contributed by atoms with van der Waals surface area (Å²) in [7, 11) is -2.15. The van der Waals surface area contributed by atoms with Gasteiger partial charge in [0.2, 0.25) is 15.9 Å². The summed E-state index contributed by atoms with van der Waals surface area (Å²) in [6, 6.07) is 9.85. The first-order valence-electron chi connectivity index (χ1n) is 7.48. The third kappa shape index (κ3) is 4.79. The zero-order valence-electron chi connectivity index (χ0n) is 14.1. The van der Waals surface area contributed by atoms with Gasteiger partial charge in [-0.15, -0.1) is 0 Å². The van der Waals surface area contributed by atoms with Crippen LogP contribution in [0.4, 0.5) is 10.1 Å². The molecule has 0 aromatic heterocycles. The maximum atomic E-state index is 13.5. The average molecular weight is 379 g/mol. The van der Waals surface area contributed by atoms with Crippen molar-refractivity contribution in [3.8, 4) is 0 Å². The lowest BCUT2D eigenvalue weighted by Crippen LogP contribution is -2.39. The molecule has 7 nitrogen and oxygen atoms in total. The van der Waals surface area contributed by atoms with Crippen LogP contribution in [0.1, 0.15) is 22.0 Å². The van der Waals surface area contributed by atoms with Gasteiger partial charge >= 0.3 is 0 Å². The Morgan fingerprint density at radius 2 is 1.81 bits per heavy atom. The number of sulfonamides is 1. The molecule has 0 heterocycles. The van der Waals surface area contributed by atoms with E-state index in [0.29, 0.717) is 0 Å². The molecule has 0 bridgehead atoms. The smallest absolute Gasteiger partial charge is 0.254 e. The summed E-state index contributed by atoms with van der Waals surface area (Å²) < 4.78 is 38.4. The number of halogens is 1. The van der Waals surface area contributed by atoms with Crippen LogP contribution >= 0.6 is 0 Å². The second kappa shape index (κ2) is 7.52. The largest absolute Gasteiger partial charge is 0.368 e. The first-order valence-corrected chi connectivity index (χ1v) is 9.37. The van der Waals surface area contributed by atoms with E-state index < -0.39 is 33.7 Å². The summed E-state index contributed by atoms with van der Waals surface area (Å²) in [6.45, 7) is 0. The van der Waals surface area contributed by atoms with E-state index in [1.165, 1.54) is 49.5 Å². The Kier molecular flexibility index (Phi) is 5.61. The molecule has 0 radical (unpaired) electrons. The Bertz CT molecular complexity index is 947. The number of primary amides is 1. The van der Waals surface area contributed by atoms with Gasteiger partial charge in [-0.05, 0) is 35.9 Å². The van der Waals surface area contributed by atoms with Crippen LogP contribution in [0, 0.1) is 5.82 Å². The van der Waals surface area contributed by atoms with E-state index in [0.717, 1.165) is 17.2 Å². The minimum atomic E-state index is -3.51. The molecule has 2 rings (SSSR count). The Labute approximate surface area is 150 Å². The first kappa shape index (κ1) is 19.4. The monoisotopic (exact) mass is 379 g/mol. The predicted octanol–water partition coefficient (Wildman–Crippen LogP) is 1.50. The second-order valence-electron chi connectivity index (χ2n) is 5.73. The van der Waals surface area contributed by atoms with Crippen molar-refractivity contribution >= 4 is 27.5 Å². The summed E-state index contributed by atoms with van der Waals surface area (Å²) in [5.74, 6) is -1.96. The van der Waals surface area contributed by atoms with Gasteiger partial charge in [0.15, 0.2) is 0 Å². The molecule has 0 saturated heterocycles. The van der Waals surface area contributed by atoms with E-state index in [4.69, 9.17) is 5.73 Å². The molecular formula is C17H18FN3O4S. The van der Waals surface area contributed by atoms with Gasteiger partial charge in [0.1, 0.15) is 11.9 Å². The van der Waals surface area contributed by atoms with Crippen LogP contribution in [-0.4, -0.2) is 38.4 Å². The van der Waals surface area contributed by atoms with Gasteiger partial charge in [0.05, 0.1) is 6.26 Å². The number of likely N-dealkylation sites (N-methyl/N-ethyl adjacent to an activating group) is 1. The van der Waals surface area contributed by atoms with Crippen LogP contribution < -0.4 is 10.5 Å². The highest BCUT2D eigenvalue weighted by atomic mass is 32.2. The van der Waals surface area contributed by atoms with Gasteiger partial charge in [-0.1, -0.05) is 18.2 Å². The van der Waals surface area contributed by atoms with Gasteiger partial charge < -0.3 is 10.6 Å². The van der Waals surface area contributed by atoms with Gasteiger partial charge in [-0.25, -0.2) is 12.8 Å². The first-order chi connectivity index (χ1) is 12.1. The molecule has 0 unspecified atom stereocenters. The third-order valence-electron chi connectivity index (χ3n) is 3.55. The van der Waals surface area contributed by atoms with Crippen LogP contribution in [0.15, 0.2) is 48.5 Å². The Morgan fingerprint density at radius 1 is 1.15 bits per heavy atom. The molecular weight excluding hydrogens is 361 g/mol. The molecule has 138 valence electrons. The fraction of sp³-hybridized carbons (Fsp3) is 0.176. The van der Waals surface area contributed by atoms with E-state index in [-0.39, 0.29) is 16.8 Å². The molecule has 0 spiro atoms. The van der Waals surface area contributed by atoms with Gasteiger partial charge in [0.25, 0.3) is 5.91 Å². The molecule has 0 aliphatic heterocycles. The van der Waals surface area contributed by atoms with E-state index in [9.17, 15) is 22.4 Å². The number of nitrogens with zero attached hydrogens (tertiary/aromatic N) is 1. The minimum Gasteiger partial charge on any atom is -0.368 e. The van der Waals surface area contributed by atoms with Gasteiger partial charge in [-0.2, -0.15) is 0 Å². The normalized spacial score (nSPS) is 12.3. The fourth-order valence-electron chi connectivity index (χ4n) is 2.51. The molecule has 9 heteroatoms. The van der Waals surface area contributed by atoms with Crippen molar-refractivity contribution in [2.45, 2.75) is 6.04 Å². The van der Waals surface area contributed by atoms with Crippen LogP contribution in [0.25, 0.3) is 0 Å². The average Bonchev–Trinajstić information content (AvgIpc) is 2.52. The number of carbonyl (C=O) groups is 2. The topological polar surface area (TPSA) is 110 Å². The number of hydrogen-bond acceptors (Lipinski definition) is 4. The zero-order valence-corrected chi connectivity index (χ0v) is 15.0. The molecule has 0 saturated carbocycles. The predicted molar refractivity (Wildman–Crippen MR) is 95.3 cm³/mol. The number of carbonyl (C=O) groups excluding carboxylic acids is 2. The number of nitrogens with two attached hydrogens (primary N) is 1. The lowest BCUT2D eigenvalue weighted by atomic mass is 10.0. The molecule has 2 amide bonds. The van der Waals surface area contributed by atoms with Crippen LogP contribution in [-0.2, 0) is 14.8 Å². The Balaban J connectivity index is 2.35. The van der Waals surface area contributed by atoms with Gasteiger partial charge in [0, 0.05) is 18.3 Å². The van der Waals surface area contributed by atoms with Crippen molar-refractivity contribution in [1.82, 2.24) is 4.90 Å². The standard InChI is InChI=1S/C17H18FN3O4S/c1-21(15(16(19)22)11-5-3-7-13(18)9-11)17(23)12-6-4-8-14(10-12)20-26(2,24)25/h3-10,15,20H,1-2H3,(H2,19,22)/t15-/m1/s1. The van der Waals surface area contributed by atoms with Crippen LogP contribution in [0.3, 0.4) is 0 Å². The fourth-order valence-corrected chi connectivity index (χ4v) is 3.06. The molecule has 26 heavy (non-hydrogen) atoms. The van der Waals surface area contributed by atoms with E-state index in [2.05, 4.69) is 4.72 Å². The highest BCUT2D eigenvalue weighted by Crippen LogP contribution is 2.23. The van der Waals surface area contributed by atoms with Crippen molar-refractivity contribution in [2.75, 3.05) is 18.0 Å². The zero-order chi connectivity index (χ0) is 19.5. The number of anilines is 1. The molecule has 2 aromatic carbocycles. The number of amides is 2. The number of hydrogen-bond donors (Lipinski definition) is 2. The van der Waals surface area contributed by atoms with Gasteiger partial charge in [-0.3, -0.25) is 14.3 Å². The third-order valence-corrected chi connectivity index (χ3v) is 4.16. The molecule has 3 N–H and O–H groups in total. The summed E-state index contributed by atoms with van der Waals surface area (Å²) >= 11 is 0. The molecule has 1 atom stereocenters. The summed E-state index contributed by atoms with van der Waals surface area (Å²) in [5.41, 5.74) is 5.98. The summed E-state index contributed by atoms with van der Waals surface area (Å²) in [4.78, 5) is 25.7. The van der Waals surface area contributed by atoms with Crippen LogP contribution in [0.5, 0.6) is 0 Å². The summed E-state index contributed by atoms with van der Waals surface area (Å²) in [6.07, 6.45) is 0.987. The number of nitrogens with one attached hydrogen (secondary N) is 1. The van der Waals surface area contributed by atoms with Crippen LogP contribution in [0.2, 0.25) is 0 Å². The maximum absolute atomic E-state index is 13.5. The van der Waals surface area contributed by atoms with Crippen molar-refractivity contribution in [1.29, 1.82) is 0 Å². The van der Waals surface area contributed by atoms with Crippen molar-refractivity contribution in [3.05, 3.63) is 65.5 Å². The van der Waals surface area contributed by atoms with E-state index >= 15 is 0 Å². The molecule has 2 aromatic rings. The minimum absolute atomic E-state index is 0.142. The molecule has 0 fully saturated rings. The Morgan fingerprint density at radius 3 is 2.38 bits per heavy atom. The van der Waals surface area contributed by atoms with E-state index in [1.807, 2.05) is 0 Å². The maximum Gasteiger partial charge on any atom is 0.254 e. The number of rotatable bonds is 6. The Hall–Kier alpha value is -2.94. The van der Waals surface area contributed by atoms with E-state index in [1.54, 1.807) is 0 Å². The lowest BCUT2D eigenvalue weighted by Gasteiger charge is -2.26. The lowest BCUT2D eigenvalue weighted by molar-refractivity contribution is -0.122. The summed E-state index contributed by atoms with van der Waals surface area (Å²) in [5, 5.41) is 0. The SMILES string of the molecule is CN(C(=O)c1cccc(NS(C)(=O)=O)c1)[C@@H](C(N)=O)c1cccc(F)c1.